The number of thioether (sulfide) groups is 1. The number of aromatic nitrogens is 5. The monoisotopic (exact) mass is 353 g/mol. The first-order valence-electron chi connectivity index (χ1n) is 7.67. The average Bonchev–Trinajstić information content (AvgIpc) is 3.34. The predicted octanol–water partition coefficient (Wildman–Crippen LogP) is 3.73. The molecule has 0 spiro atoms. The first kappa shape index (κ1) is 15.6. The molecule has 0 N–H and O–H groups in total. The molecule has 8 heteroatoms. The lowest BCUT2D eigenvalue weighted by molar-refractivity contribution is 0.391. The zero-order valence-corrected chi connectivity index (χ0v) is 14.5. The Morgan fingerprint density at radius 2 is 2.00 bits per heavy atom. The highest BCUT2D eigenvalue weighted by Crippen LogP contribution is 2.26. The molecule has 3 heterocycles. The SMILES string of the molecule is Cc1ccccc1-c1noc(CSc2nnc(-c3ccco3)n2C)n1. The Bertz CT molecular complexity index is 990. The third-order valence-corrected chi connectivity index (χ3v) is 4.76. The van der Waals surface area contributed by atoms with Crippen molar-refractivity contribution in [3.8, 4) is 23.0 Å². The molecule has 0 unspecified atom stereocenters. The van der Waals surface area contributed by atoms with E-state index in [1.54, 1.807) is 6.26 Å². The summed E-state index contributed by atoms with van der Waals surface area (Å²) in [5.74, 6) is 3.03. The van der Waals surface area contributed by atoms with Crippen molar-refractivity contribution in [2.45, 2.75) is 17.8 Å². The second-order valence-corrected chi connectivity index (χ2v) is 6.40. The van der Waals surface area contributed by atoms with Crippen molar-refractivity contribution in [3.63, 3.8) is 0 Å². The third kappa shape index (κ3) is 3.08. The molecule has 0 aliphatic heterocycles. The Morgan fingerprint density at radius 3 is 2.80 bits per heavy atom. The first-order valence-corrected chi connectivity index (χ1v) is 8.65. The maximum atomic E-state index is 5.37. The van der Waals surface area contributed by atoms with Crippen molar-refractivity contribution in [3.05, 3.63) is 54.1 Å². The molecule has 0 aliphatic rings. The molecular weight excluding hydrogens is 338 g/mol. The summed E-state index contributed by atoms with van der Waals surface area (Å²) in [6.07, 6.45) is 1.61. The maximum Gasteiger partial charge on any atom is 0.237 e. The van der Waals surface area contributed by atoms with Gasteiger partial charge in [-0.3, -0.25) is 0 Å². The highest BCUT2D eigenvalue weighted by Gasteiger charge is 2.15. The van der Waals surface area contributed by atoms with Gasteiger partial charge in [-0.05, 0) is 24.6 Å². The van der Waals surface area contributed by atoms with E-state index in [2.05, 4.69) is 20.3 Å². The van der Waals surface area contributed by atoms with Crippen LogP contribution in [0.5, 0.6) is 0 Å². The van der Waals surface area contributed by atoms with E-state index in [9.17, 15) is 0 Å². The van der Waals surface area contributed by atoms with Gasteiger partial charge in [-0.1, -0.05) is 41.2 Å². The fourth-order valence-corrected chi connectivity index (χ4v) is 3.18. The van der Waals surface area contributed by atoms with Crippen molar-refractivity contribution in [2.24, 2.45) is 7.05 Å². The van der Waals surface area contributed by atoms with Crippen LogP contribution < -0.4 is 0 Å². The van der Waals surface area contributed by atoms with E-state index in [1.807, 2.05) is 54.9 Å². The fourth-order valence-electron chi connectivity index (χ4n) is 2.43. The van der Waals surface area contributed by atoms with Crippen LogP contribution in [0.3, 0.4) is 0 Å². The lowest BCUT2D eigenvalue weighted by Gasteiger charge is -2.00. The predicted molar refractivity (Wildman–Crippen MR) is 92.7 cm³/mol. The van der Waals surface area contributed by atoms with Crippen molar-refractivity contribution in [1.29, 1.82) is 0 Å². The van der Waals surface area contributed by atoms with Crippen LogP contribution in [0.2, 0.25) is 0 Å². The van der Waals surface area contributed by atoms with Crippen LogP contribution in [0.25, 0.3) is 23.0 Å². The average molecular weight is 353 g/mol. The minimum absolute atomic E-state index is 0.517. The summed E-state index contributed by atoms with van der Waals surface area (Å²) in [5.41, 5.74) is 2.08. The summed E-state index contributed by atoms with van der Waals surface area (Å²) in [5, 5.41) is 13.2. The maximum absolute atomic E-state index is 5.37. The summed E-state index contributed by atoms with van der Waals surface area (Å²) in [6.45, 7) is 2.02. The standard InChI is InChI=1S/C17H15N5O2S/c1-11-6-3-4-7-12(11)15-18-14(24-21-15)10-25-17-20-19-16(22(17)2)13-8-5-9-23-13/h3-9H,10H2,1-2H3. The number of hydrogen-bond donors (Lipinski definition) is 0. The van der Waals surface area contributed by atoms with Gasteiger partial charge < -0.3 is 13.5 Å². The molecule has 4 rings (SSSR count). The molecule has 0 saturated heterocycles. The Balaban J connectivity index is 1.49. The molecule has 0 aliphatic carbocycles. The minimum Gasteiger partial charge on any atom is -0.461 e. The smallest absolute Gasteiger partial charge is 0.237 e. The van der Waals surface area contributed by atoms with Crippen LogP contribution in [-0.4, -0.2) is 24.9 Å². The van der Waals surface area contributed by atoms with Gasteiger partial charge in [0.2, 0.25) is 11.7 Å². The molecule has 3 aromatic heterocycles. The molecule has 25 heavy (non-hydrogen) atoms. The van der Waals surface area contributed by atoms with Crippen LogP contribution in [-0.2, 0) is 12.8 Å². The van der Waals surface area contributed by atoms with E-state index in [0.29, 0.717) is 29.1 Å². The molecule has 4 aromatic rings. The Kier molecular flexibility index (Phi) is 4.10. The highest BCUT2D eigenvalue weighted by atomic mass is 32.2. The van der Waals surface area contributed by atoms with E-state index >= 15 is 0 Å². The molecular formula is C17H15N5O2S. The van der Waals surface area contributed by atoms with Crippen molar-refractivity contribution in [2.75, 3.05) is 0 Å². The summed E-state index contributed by atoms with van der Waals surface area (Å²) in [6, 6.07) is 11.6. The molecule has 126 valence electrons. The van der Waals surface area contributed by atoms with E-state index in [-0.39, 0.29) is 0 Å². The van der Waals surface area contributed by atoms with Crippen LogP contribution in [0, 0.1) is 6.92 Å². The molecule has 0 bridgehead atoms. The van der Waals surface area contributed by atoms with Gasteiger partial charge >= 0.3 is 0 Å². The quantitative estimate of drug-likeness (QED) is 0.506. The molecule has 7 nitrogen and oxygen atoms in total. The molecule has 0 saturated carbocycles. The zero-order chi connectivity index (χ0) is 17.2. The van der Waals surface area contributed by atoms with E-state index in [4.69, 9.17) is 8.94 Å². The van der Waals surface area contributed by atoms with Gasteiger partial charge in [0.25, 0.3) is 0 Å². The Labute approximate surface area is 148 Å². The van der Waals surface area contributed by atoms with Gasteiger partial charge in [0.05, 0.1) is 12.0 Å². The van der Waals surface area contributed by atoms with Crippen LogP contribution >= 0.6 is 11.8 Å². The lowest BCUT2D eigenvalue weighted by atomic mass is 10.1. The van der Waals surface area contributed by atoms with Gasteiger partial charge in [0.15, 0.2) is 16.7 Å². The second-order valence-electron chi connectivity index (χ2n) is 5.46. The number of rotatable bonds is 5. The summed E-state index contributed by atoms with van der Waals surface area (Å²) in [4.78, 5) is 4.47. The van der Waals surface area contributed by atoms with Crippen molar-refractivity contribution < 1.29 is 8.94 Å². The number of benzene rings is 1. The molecule has 0 radical (unpaired) electrons. The highest BCUT2D eigenvalue weighted by molar-refractivity contribution is 7.98. The number of hydrogen-bond acceptors (Lipinski definition) is 7. The number of furan rings is 1. The van der Waals surface area contributed by atoms with E-state index in [0.717, 1.165) is 16.3 Å². The summed E-state index contributed by atoms with van der Waals surface area (Å²) >= 11 is 1.48. The first-order chi connectivity index (χ1) is 12.2. The normalized spacial score (nSPS) is 11.1. The summed E-state index contributed by atoms with van der Waals surface area (Å²) in [7, 11) is 1.90. The molecule has 0 amide bonds. The number of aryl methyl sites for hydroxylation is 1. The molecule has 0 fully saturated rings. The van der Waals surface area contributed by atoms with Crippen molar-refractivity contribution in [1.82, 2.24) is 24.9 Å². The van der Waals surface area contributed by atoms with Crippen molar-refractivity contribution >= 4 is 11.8 Å². The topological polar surface area (TPSA) is 82.8 Å². The second kappa shape index (κ2) is 6.56. The summed E-state index contributed by atoms with van der Waals surface area (Å²) < 4.78 is 12.6. The van der Waals surface area contributed by atoms with Gasteiger partial charge in [0.1, 0.15) is 0 Å². The fraction of sp³-hybridized carbons (Fsp3) is 0.176. The Morgan fingerprint density at radius 1 is 1.12 bits per heavy atom. The largest absolute Gasteiger partial charge is 0.461 e. The van der Waals surface area contributed by atoms with Gasteiger partial charge in [-0.2, -0.15) is 4.98 Å². The molecule has 0 atom stereocenters. The molecule has 1 aromatic carbocycles. The Hall–Kier alpha value is -2.87. The van der Waals surface area contributed by atoms with Crippen LogP contribution in [0.4, 0.5) is 0 Å². The van der Waals surface area contributed by atoms with E-state index < -0.39 is 0 Å². The van der Waals surface area contributed by atoms with E-state index in [1.165, 1.54) is 11.8 Å². The lowest BCUT2D eigenvalue weighted by Crippen LogP contribution is -1.94. The van der Waals surface area contributed by atoms with Crippen LogP contribution in [0.15, 0.2) is 56.8 Å². The minimum atomic E-state index is 0.517. The zero-order valence-electron chi connectivity index (χ0n) is 13.7. The van der Waals surface area contributed by atoms with Gasteiger partial charge in [-0.15, -0.1) is 10.2 Å². The van der Waals surface area contributed by atoms with Gasteiger partial charge in [0, 0.05) is 12.6 Å². The van der Waals surface area contributed by atoms with Gasteiger partial charge in [-0.25, -0.2) is 0 Å². The number of nitrogens with zero attached hydrogens (tertiary/aromatic N) is 5. The van der Waals surface area contributed by atoms with Crippen LogP contribution in [0.1, 0.15) is 11.5 Å². The third-order valence-electron chi connectivity index (χ3n) is 3.76.